The first-order valence-electron chi connectivity index (χ1n) is 4.33. The number of rotatable bonds is 1. The van der Waals surface area contributed by atoms with Crippen molar-refractivity contribution in [3.63, 3.8) is 0 Å². The van der Waals surface area contributed by atoms with Gasteiger partial charge in [-0.15, -0.1) is 24.8 Å². The fourth-order valence-electron chi connectivity index (χ4n) is 1.29. The highest BCUT2D eigenvalue weighted by molar-refractivity contribution is 5.85. The molecule has 1 aromatic rings. The Labute approximate surface area is 103 Å². The zero-order chi connectivity index (χ0) is 10.1. The third-order valence-corrected chi connectivity index (χ3v) is 2.03. The third kappa shape index (κ3) is 3.80. The first kappa shape index (κ1) is 16.8. The molecule has 0 radical (unpaired) electrons. The van der Waals surface area contributed by atoms with Crippen LogP contribution in [0.25, 0.3) is 0 Å². The Bertz CT molecular complexity index is 306. The van der Waals surface area contributed by atoms with Gasteiger partial charge >= 0.3 is 0 Å². The van der Waals surface area contributed by atoms with Crippen LogP contribution in [0.15, 0.2) is 18.2 Å². The fraction of sp³-hybridized carbons (Fsp3) is 0.455. The van der Waals surface area contributed by atoms with Crippen molar-refractivity contribution in [1.29, 1.82) is 0 Å². The van der Waals surface area contributed by atoms with Gasteiger partial charge in [-0.3, -0.25) is 0 Å². The van der Waals surface area contributed by atoms with E-state index in [2.05, 4.69) is 20.8 Å². The largest absolute Gasteiger partial charge is 0.504 e. The van der Waals surface area contributed by atoms with Crippen LogP contribution in [0, 0.1) is 0 Å². The van der Waals surface area contributed by atoms with Crippen molar-refractivity contribution < 1.29 is 9.84 Å². The van der Waals surface area contributed by atoms with Gasteiger partial charge in [0.05, 0.1) is 7.11 Å². The number of para-hydroxylation sites is 1. The molecule has 0 saturated carbocycles. The number of hydrogen-bond donors (Lipinski definition) is 1. The van der Waals surface area contributed by atoms with Crippen molar-refractivity contribution >= 4 is 24.8 Å². The zero-order valence-corrected chi connectivity index (χ0v) is 11.0. The molecule has 1 N–H and O–H groups in total. The second-order valence-corrected chi connectivity index (χ2v) is 4.11. The van der Waals surface area contributed by atoms with Gasteiger partial charge in [-0.2, -0.15) is 0 Å². The summed E-state index contributed by atoms with van der Waals surface area (Å²) in [5, 5.41) is 9.80. The Kier molecular flexibility index (Phi) is 6.82. The molecule has 88 valence electrons. The van der Waals surface area contributed by atoms with Crippen molar-refractivity contribution in [3.8, 4) is 11.5 Å². The molecular weight excluding hydrogens is 235 g/mol. The second kappa shape index (κ2) is 6.09. The molecule has 0 aliphatic heterocycles. The van der Waals surface area contributed by atoms with Gasteiger partial charge in [0.15, 0.2) is 11.5 Å². The molecule has 0 atom stereocenters. The molecule has 0 spiro atoms. The highest BCUT2D eigenvalue weighted by Crippen LogP contribution is 2.36. The van der Waals surface area contributed by atoms with E-state index in [9.17, 15) is 5.11 Å². The van der Waals surface area contributed by atoms with Crippen LogP contribution in [-0.4, -0.2) is 12.2 Å². The van der Waals surface area contributed by atoms with Crippen LogP contribution in [0.2, 0.25) is 0 Å². The van der Waals surface area contributed by atoms with E-state index < -0.39 is 0 Å². The van der Waals surface area contributed by atoms with E-state index in [0.29, 0.717) is 5.75 Å². The number of methoxy groups -OCH3 is 1. The van der Waals surface area contributed by atoms with E-state index in [1.54, 1.807) is 13.2 Å². The minimum atomic E-state index is -0.0569. The topological polar surface area (TPSA) is 29.5 Å². The second-order valence-electron chi connectivity index (χ2n) is 4.11. The van der Waals surface area contributed by atoms with Crippen molar-refractivity contribution in [2.75, 3.05) is 7.11 Å². The van der Waals surface area contributed by atoms with Crippen molar-refractivity contribution in [2.45, 2.75) is 26.2 Å². The molecule has 1 aromatic carbocycles. The van der Waals surface area contributed by atoms with Gasteiger partial charge in [-0.1, -0.05) is 32.9 Å². The van der Waals surface area contributed by atoms with Crippen LogP contribution >= 0.6 is 24.8 Å². The molecule has 0 bridgehead atoms. The van der Waals surface area contributed by atoms with E-state index in [1.807, 2.05) is 12.1 Å². The maximum Gasteiger partial charge on any atom is 0.161 e. The molecule has 0 aromatic heterocycles. The summed E-state index contributed by atoms with van der Waals surface area (Å²) in [6.07, 6.45) is 0. The summed E-state index contributed by atoms with van der Waals surface area (Å²) in [6, 6.07) is 5.56. The fourth-order valence-corrected chi connectivity index (χ4v) is 1.29. The van der Waals surface area contributed by atoms with E-state index in [-0.39, 0.29) is 36.0 Å². The van der Waals surface area contributed by atoms with Crippen LogP contribution < -0.4 is 4.74 Å². The normalized spacial score (nSPS) is 9.87. The smallest absolute Gasteiger partial charge is 0.161 e. The maximum absolute atomic E-state index is 9.80. The van der Waals surface area contributed by atoms with Gasteiger partial charge in [-0.05, 0) is 11.5 Å². The van der Waals surface area contributed by atoms with Crippen LogP contribution in [0.4, 0.5) is 0 Å². The number of hydrogen-bond acceptors (Lipinski definition) is 2. The lowest BCUT2D eigenvalue weighted by Gasteiger charge is -2.21. The van der Waals surface area contributed by atoms with Crippen LogP contribution in [-0.2, 0) is 5.41 Å². The van der Waals surface area contributed by atoms with E-state index in [4.69, 9.17) is 4.74 Å². The van der Waals surface area contributed by atoms with Crippen molar-refractivity contribution in [2.24, 2.45) is 0 Å². The summed E-state index contributed by atoms with van der Waals surface area (Å²) in [5.74, 6) is 0.782. The van der Waals surface area contributed by atoms with Gasteiger partial charge in [0.1, 0.15) is 0 Å². The lowest BCUT2D eigenvalue weighted by atomic mass is 9.86. The van der Waals surface area contributed by atoms with E-state index >= 15 is 0 Å². The quantitative estimate of drug-likeness (QED) is 0.829. The summed E-state index contributed by atoms with van der Waals surface area (Å²) in [6.45, 7) is 6.17. The molecule has 0 fully saturated rings. The first-order chi connectivity index (χ1) is 5.96. The van der Waals surface area contributed by atoms with Gasteiger partial charge in [0, 0.05) is 5.56 Å². The van der Waals surface area contributed by atoms with Crippen molar-refractivity contribution in [3.05, 3.63) is 23.8 Å². The minimum Gasteiger partial charge on any atom is -0.504 e. The molecule has 0 unspecified atom stereocenters. The van der Waals surface area contributed by atoms with Crippen LogP contribution in [0.3, 0.4) is 0 Å². The number of phenolic OH excluding ortho intramolecular Hbond substituents is 1. The molecule has 2 nitrogen and oxygen atoms in total. The minimum absolute atomic E-state index is 0. The summed E-state index contributed by atoms with van der Waals surface area (Å²) >= 11 is 0. The molecule has 0 aliphatic rings. The summed E-state index contributed by atoms with van der Waals surface area (Å²) in [5.41, 5.74) is 0.852. The van der Waals surface area contributed by atoms with Gasteiger partial charge < -0.3 is 9.84 Å². The monoisotopic (exact) mass is 252 g/mol. The third-order valence-electron chi connectivity index (χ3n) is 2.03. The molecule has 0 saturated heterocycles. The lowest BCUT2D eigenvalue weighted by molar-refractivity contribution is 0.364. The summed E-state index contributed by atoms with van der Waals surface area (Å²) in [4.78, 5) is 0. The molecular formula is C11H18Cl2O2. The van der Waals surface area contributed by atoms with E-state index in [0.717, 1.165) is 5.56 Å². The van der Waals surface area contributed by atoms with E-state index in [1.165, 1.54) is 0 Å². The Morgan fingerprint density at radius 3 is 2.07 bits per heavy atom. The number of ether oxygens (including phenoxy) is 1. The van der Waals surface area contributed by atoms with Crippen LogP contribution in [0.5, 0.6) is 11.5 Å². The molecule has 0 aliphatic carbocycles. The predicted octanol–water partition coefficient (Wildman–Crippen LogP) is 3.54. The first-order valence-corrected chi connectivity index (χ1v) is 4.33. The summed E-state index contributed by atoms with van der Waals surface area (Å²) < 4.78 is 5.03. The van der Waals surface area contributed by atoms with Crippen LogP contribution in [0.1, 0.15) is 26.3 Å². The Balaban J connectivity index is 0. The van der Waals surface area contributed by atoms with Crippen molar-refractivity contribution in [1.82, 2.24) is 0 Å². The van der Waals surface area contributed by atoms with Gasteiger partial charge in [0.25, 0.3) is 0 Å². The predicted molar refractivity (Wildman–Crippen MR) is 67.9 cm³/mol. The Hall–Kier alpha value is -0.600. The van der Waals surface area contributed by atoms with Gasteiger partial charge in [-0.25, -0.2) is 0 Å². The number of halogens is 2. The highest BCUT2D eigenvalue weighted by Gasteiger charge is 2.19. The SMILES string of the molecule is COc1cccc(C(C)(C)C)c1O.Cl.Cl. The number of phenols is 1. The average Bonchev–Trinajstić information content (AvgIpc) is 2.02. The zero-order valence-electron chi connectivity index (χ0n) is 9.40. The standard InChI is InChI=1S/C11H16O2.2ClH/c1-11(2,3)8-6-5-7-9(13-4)10(8)12;;/h5-7,12H,1-4H3;2*1H. The van der Waals surface area contributed by atoms with Gasteiger partial charge in [0.2, 0.25) is 0 Å². The number of benzene rings is 1. The molecule has 0 heterocycles. The highest BCUT2D eigenvalue weighted by atomic mass is 35.5. The Morgan fingerprint density at radius 2 is 1.67 bits per heavy atom. The molecule has 15 heavy (non-hydrogen) atoms. The average molecular weight is 253 g/mol. The molecule has 4 heteroatoms. The maximum atomic E-state index is 9.80. The Morgan fingerprint density at radius 1 is 1.13 bits per heavy atom. The summed E-state index contributed by atoms with van der Waals surface area (Å²) in [7, 11) is 1.56. The number of aromatic hydroxyl groups is 1. The lowest BCUT2D eigenvalue weighted by Crippen LogP contribution is -2.11. The molecule has 0 amide bonds. The molecule has 1 rings (SSSR count).